The van der Waals surface area contributed by atoms with Crippen molar-refractivity contribution in [1.82, 2.24) is 19.9 Å². The Morgan fingerprint density at radius 3 is 1.42 bits per heavy atom. The van der Waals surface area contributed by atoms with Crippen LogP contribution < -0.4 is 29.6 Å². The number of thiazole rings is 4. The van der Waals surface area contributed by atoms with Crippen LogP contribution in [0.4, 0.5) is 0 Å². The second kappa shape index (κ2) is 25.4. The number of aliphatic hydroxyl groups excluding tert-OH is 1. The van der Waals surface area contributed by atoms with E-state index in [2.05, 4.69) is 145 Å². The van der Waals surface area contributed by atoms with Gasteiger partial charge < -0.3 is 6.53 Å². The van der Waals surface area contributed by atoms with Crippen LogP contribution in [-0.4, -0.2) is 47.8 Å². The minimum Gasteiger partial charge on any atom is -1.00 e. The fraction of sp³-hybridized carbons (Fsp3) is 0.500. The second-order valence-corrected chi connectivity index (χ2v) is 23.3. The Labute approximate surface area is 333 Å². The molecule has 4 aromatic heterocycles. The number of hydrogen-bond acceptors (Lipinski definition) is 10. The van der Waals surface area contributed by atoms with Gasteiger partial charge in [0.1, 0.15) is 23.4 Å². The maximum Gasteiger partial charge on any atom is 1.00 e. The summed E-state index contributed by atoms with van der Waals surface area (Å²) in [4.78, 5) is 27.4. The van der Waals surface area contributed by atoms with Crippen LogP contribution in [0.25, 0.3) is 0 Å². The first-order valence-electron chi connectivity index (χ1n) is 12.5. The first-order chi connectivity index (χ1) is 19.0. The summed E-state index contributed by atoms with van der Waals surface area (Å²) in [6.45, 7) is 20.6. The van der Waals surface area contributed by atoms with Crippen molar-refractivity contribution in [3.8, 4) is 0 Å². The van der Waals surface area contributed by atoms with Crippen LogP contribution in [0.2, 0.25) is 24.7 Å². The standard InChI is InChI=1S/C7H18Si.C6H8BrNS.C5H6BrNS.C4H4BrNOS.C4H2BrNOS.B.Na.H/c1-7(2,3)8(4,5)6;1-3-5-8-6(7)4(2)9-5;1-2-5-7-4(6)3-8-5;2*5-3-2-8-4(1-7)6-3;;;/h1-6H3;3H2,1-2H3;3H,2H2,1H3;2,7H,1H2;1-2H;;;/q;;;;;;+1;-1. The van der Waals surface area contributed by atoms with Crippen LogP contribution in [0, 0.1) is 6.92 Å². The fourth-order valence-corrected chi connectivity index (χ4v) is 6.46. The number of aromatic nitrogens is 4. The van der Waals surface area contributed by atoms with Gasteiger partial charge in [-0.1, -0.05) is 54.3 Å². The van der Waals surface area contributed by atoms with Crippen LogP contribution in [0.1, 0.15) is 65.7 Å². The molecule has 0 fully saturated rings. The zero-order valence-electron chi connectivity index (χ0n) is 27.3. The Kier molecular flexibility index (Phi) is 28.8. The second-order valence-electron chi connectivity index (χ2n) is 10.1. The van der Waals surface area contributed by atoms with Gasteiger partial charge in [0.15, 0.2) is 11.3 Å². The third-order valence-corrected chi connectivity index (χ3v) is 16.8. The average molecular weight is 949 g/mol. The van der Waals surface area contributed by atoms with Gasteiger partial charge in [0.05, 0.1) is 16.6 Å². The molecule has 4 rings (SSSR count). The summed E-state index contributed by atoms with van der Waals surface area (Å²) < 4.78 is 3.49. The largest absolute Gasteiger partial charge is 1.00 e. The van der Waals surface area contributed by atoms with Crippen LogP contribution in [0.5, 0.6) is 0 Å². The number of nitrogens with zero attached hydrogens (tertiary/aromatic N) is 4. The van der Waals surface area contributed by atoms with Crippen molar-refractivity contribution in [2.75, 3.05) is 0 Å². The number of halogens is 4. The van der Waals surface area contributed by atoms with Gasteiger partial charge in [0.2, 0.25) is 0 Å². The van der Waals surface area contributed by atoms with E-state index < -0.39 is 8.07 Å². The van der Waals surface area contributed by atoms with Crippen molar-refractivity contribution < 1.29 is 40.9 Å². The van der Waals surface area contributed by atoms with Crippen molar-refractivity contribution in [1.29, 1.82) is 0 Å². The SMILES string of the molecule is CC(C)(C)[Si](C)(C)C.CCc1nc(Br)c(C)s1.CCc1nc(Br)cs1.O=Cc1nc(Br)cs1.OCc1nc(Br)cs1.[B].[H-].[Na+]. The van der Waals surface area contributed by atoms with E-state index in [1.807, 2.05) is 10.8 Å². The smallest absolute Gasteiger partial charge is 1.00 e. The van der Waals surface area contributed by atoms with Crippen LogP contribution >= 0.6 is 109 Å². The molecular weight excluding hydrogens is 910 g/mol. The van der Waals surface area contributed by atoms with Gasteiger partial charge >= 0.3 is 29.6 Å². The van der Waals surface area contributed by atoms with Crippen LogP contribution in [-0.2, 0) is 19.4 Å². The van der Waals surface area contributed by atoms with E-state index >= 15 is 0 Å². The minimum absolute atomic E-state index is 0. The summed E-state index contributed by atoms with van der Waals surface area (Å²) in [5.74, 6) is 0. The van der Waals surface area contributed by atoms with Crippen molar-refractivity contribution in [3.05, 3.63) is 59.5 Å². The molecule has 0 amide bonds. The zero-order chi connectivity index (χ0) is 31.8. The van der Waals surface area contributed by atoms with Gasteiger partial charge in [-0.3, -0.25) is 4.79 Å². The molecule has 0 aromatic carbocycles. The topological polar surface area (TPSA) is 88.9 Å². The molecule has 3 radical (unpaired) electrons. The van der Waals surface area contributed by atoms with Crippen LogP contribution in [0.3, 0.4) is 0 Å². The Balaban J connectivity index is -0.000000224. The van der Waals surface area contributed by atoms with E-state index in [-0.39, 0.29) is 46.0 Å². The first-order valence-corrected chi connectivity index (χ1v) is 22.6. The number of aldehydes is 1. The molecule has 4 heterocycles. The summed E-state index contributed by atoms with van der Waals surface area (Å²) in [7, 11) is -0.859. The molecule has 43 heavy (non-hydrogen) atoms. The Hall–Kier alpha value is 1.35. The molecular formula is C26H39BBr4N4NaO2S4Si. The predicted molar refractivity (Wildman–Crippen MR) is 204 cm³/mol. The molecule has 0 unspecified atom stereocenters. The number of rotatable bonds is 4. The number of aryl methyl sites for hydroxylation is 3. The quantitative estimate of drug-likeness (QED) is 0.164. The minimum atomic E-state index is -0.859. The van der Waals surface area contributed by atoms with Gasteiger partial charge in [-0.15, -0.1) is 45.3 Å². The molecule has 4 aromatic rings. The molecule has 0 aliphatic heterocycles. The van der Waals surface area contributed by atoms with Crippen molar-refractivity contribution >= 4 is 132 Å². The van der Waals surface area contributed by atoms with Crippen molar-refractivity contribution in [2.24, 2.45) is 0 Å². The number of carbonyl (C=O) groups excluding carboxylic acids is 1. The molecule has 0 aliphatic rings. The Bertz CT molecular complexity index is 1230. The van der Waals surface area contributed by atoms with E-state index in [4.69, 9.17) is 5.11 Å². The third kappa shape index (κ3) is 22.5. The number of carbonyl (C=O) groups is 1. The number of aliphatic hydroxyl groups is 1. The monoisotopic (exact) mass is 945 g/mol. The Morgan fingerprint density at radius 1 is 0.837 bits per heavy atom. The fourth-order valence-electron chi connectivity index (χ4n) is 1.71. The normalized spacial score (nSPS) is 10.1. The summed E-state index contributed by atoms with van der Waals surface area (Å²) in [6, 6.07) is 0. The average Bonchev–Trinajstić information content (AvgIpc) is 3.69. The third-order valence-electron chi connectivity index (χ3n) is 5.42. The van der Waals surface area contributed by atoms with Gasteiger partial charge in [-0.2, -0.15) is 0 Å². The summed E-state index contributed by atoms with van der Waals surface area (Å²) in [6.07, 6.45) is 2.81. The predicted octanol–water partition coefficient (Wildman–Crippen LogP) is 8.22. The van der Waals surface area contributed by atoms with E-state index in [0.29, 0.717) is 10.0 Å². The van der Waals surface area contributed by atoms with Gasteiger partial charge in [0.25, 0.3) is 0 Å². The zero-order valence-corrected chi connectivity index (χ0v) is 38.9. The molecule has 1 N–H and O–H groups in total. The van der Waals surface area contributed by atoms with E-state index in [9.17, 15) is 4.79 Å². The maximum absolute atomic E-state index is 9.95. The molecule has 0 spiro atoms. The molecule has 0 aliphatic carbocycles. The molecule has 6 nitrogen and oxygen atoms in total. The molecule has 0 atom stereocenters. The van der Waals surface area contributed by atoms with Crippen molar-refractivity contribution in [2.45, 2.75) is 85.7 Å². The van der Waals surface area contributed by atoms with Gasteiger partial charge in [0, 0.05) is 37.5 Å². The van der Waals surface area contributed by atoms with E-state index in [1.165, 1.54) is 37.6 Å². The van der Waals surface area contributed by atoms with Gasteiger partial charge in [-0.05, 0) is 88.5 Å². The molecule has 17 heteroatoms. The summed E-state index contributed by atoms with van der Waals surface area (Å²) >= 11 is 19.1. The Morgan fingerprint density at radius 2 is 1.26 bits per heavy atom. The summed E-state index contributed by atoms with van der Waals surface area (Å²) in [5, 5.41) is 18.3. The molecule has 0 saturated heterocycles. The first kappa shape index (κ1) is 48.7. The van der Waals surface area contributed by atoms with Crippen LogP contribution in [0.15, 0.2) is 34.6 Å². The van der Waals surface area contributed by atoms with Gasteiger partial charge in [-0.25, -0.2) is 19.9 Å². The maximum atomic E-state index is 9.95. The summed E-state index contributed by atoms with van der Waals surface area (Å²) in [5.41, 5.74) is 0. The van der Waals surface area contributed by atoms with E-state index in [1.54, 1.807) is 28.1 Å². The van der Waals surface area contributed by atoms with Crippen molar-refractivity contribution in [3.63, 3.8) is 0 Å². The molecule has 0 bridgehead atoms. The number of hydrogen-bond donors (Lipinski definition) is 1. The molecule has 0 saturated carbocycles. The molecule has 235 valence electrons. The van der Waals surface area contributed by atoms with E-state index in [0.717, 1.165) is 42.5 Å².